The minimum Gasteiger partial charge on any atom is -0.494 e. The molecular weight excluding hydrogens is 369 g/mol. The standard InChI is InChI=1S/C20H22FNO2S2/c1-24-18-8-6-14(12-17(18)21)7-9-19(23)22-16-5-2-4-15(13-16)20-25-10-3-11-26-20/h2,4-6,8,12-13,20H,3,7,9-11H2,1H3,(H,22,23). The van der Waals surface area contributed by atoms with Crippen molar-refractivity contribution in [3.63, 3.8) is 0 Å². The van der Waals surface area contributed by atoms with E-state index >= 15 is 0 Å². The molecule has 6 heteroatoms. The van der Waals surface area contributed by atoms with Crippen LogP contribution in [0.15, 0.2) is 42.5 Å². The van der Waals surface area contributed by atoms with E-state index in [0.717, 1.165) is 11.3 Å². The molecule has 1 aliphatic heterocycles. The van der Waals surface area contributed by atoms with Gasteiger partial charge in [-0.2, -0.15) is 0 Å². The van der Waals surface area contributed by atoms with Gasteiger partial charge in [0.15, 0.2) is 11.6 Å². The lowest BCUT2D eigenvalue weighted by Crippen LogP contribution is -2.12. The van der Waals surface area contributed by atoms with E-state index in [4.69, 9.17) is 4.74 Å². The van der Waals surface area contributed by atoms with Crippen LogP contribution in [0, 0.1) is 5.82 Å². The van der Waals surface area contributed by atoms with Gasteiger partial charge in [-0.05, 0) is 59.7 Å². The molecule has 1 saturated heterocycles. The first-order valence-electron chi connectivity index (χ1n) is 8.61. The Kier molecular flexibility index (Phi) is 6.86. The summed E-state index contributed by atoms with van der Waals surface area (Å²) in [7, 11) is 1.43. The number of benzene rings is 2. The molecule has 2 aromatic rings. The van der Waals surface area contributed by atoms with E-state index in [-0.39, 0.29) is 11.7 Å². The second kappa shape index (κ2) is 9.33. The molecule has 0 saturated carbocycles. The molecule has 26 heavy (non-hydrogen) atoms. The van der Waals surface area contributed by atoms with Crippen LogP contribution < -0.4 is 10.1 Å². The summed E-state index contributed by atoms with van der Waals surface area (Å²) in [5.74, 6) is 2.12. The number of rotatable bonds is 6. The van der Waals surface area contributed by atoms with E-state index < -0.39 is 5.82 Å². The van der Waals surface area contributed by atoms with Crippen LogP contribution in [-0.2, 0) is 11.2 Å². The third-order valence-corrected chi connectivity index (χ3v) is 7.14. The van der Waals surface area contributed by atoms with Gasteiger partial charge in [0, 0.05) is 12.1 Å². The molecule has 1 N–H and O–H groups in total. The molecule has 0 radical (unpaired) electrons. The maximum absolute atomic E-state index is 13.7. The minimum absolute atomic E-state index is 0.0673. The monoisotopic (exact) mass is 391 g/mol. The Bertz CT molecular complexity index is 763. The maximum atomic E-state index is 13.7. The molecule has 1 heterocycles. The summed E-state index contributed by atoms with van der Waals surface area (Å²) in [6, 6.07) is 12.9. The van der Waals surface area contributed by atoms with Crippen molar-refractivity contribution in [1.82, 2.24) is 0 Å². The minimum atomic E-state index is -0.402. The number of ether oxygens (including phenoxy) is 1. The number of anilines is 1. The first-order valence-corrected chi connectivity index (χ1v) is 10.7. The quantitative estimate of drug-likeness (QED) is 0.728. The normalized spacial score (nSPS) is 14.8. The van der Waals surface area contributed by atoms with Crippen molar-refractivity contribution in [2.45, 2.75) is 23.8 Å². The highest BCUT2D eigenvalue weighted by atomic mass is 32.2. The Hall–Kier alpha value is -1.66. The highest BCUT2D eigenvalue weighted by molar-refractivity contribution is 8.16. The molecule has 1 aliphatic rings. The summed E-state index contributed by atoms with van der Waals surface area (Å²) in [5, 5.41) is 2.95. The van der Waals surface area contributed by atoms with Crippen LogP contribution in [0.4, 0.5) is 10.1 Å². The number of hydrogen-bond donors (Lipinski definition) is 1. The summed E-state index contributed by atoms with van der Waals surface area (Å²) < 4.78 is 19.1. The van der Waals surface area contributed by atoms with Crippen molar-refractivity contribution in [3.8, 4) is 5.75 Å². The van der Waals surface area contributed by atoms with Crippen LogP contribution in [-0.4, -0.2) is 24.5 Å². The van der Waals surface area contributed by atoms with Gasteiger partial charge in [0.2, 0.25) is 5.91 Å². The third kappa shape index (κ3) is 5.17. The average Bonchev–Trinajstić information content (AvgIpc) is 2.67. The molecule has 0 spiro atoms. The lowest BCUT2D eigenvalue weighted by atomic mass is 10.1. The van der Waals surface area contributed by atoms with Crippen molar-refractivity contribution in [2.24, 2.45) is 0 Å². The van der Waals surface area contributed by atoms with Crippen molar-refractivity contribution < 1.29 is 13.9 Å². The molecule has 0 bridgehead atoms. The molecule has 0 aromatic heterocycles. The summed E-state index contributed by atoms with van der Waals surface area (Å²) >= 11 is 3.92. The molecule has 0 aliphatic carbocycles. The molecule has 1 amide bonds. The number of halogens is 1. The Labute approximate surface area is 162 Å². The zero-order valence-corrected chi connectivity index (χ0v) is 16.3. The molecule has 2 aromatic carbocycles. The van der Waals surface area contributed by atoms with Crippen LogP contribution in [0.2, 0.25) is 0 Å². The Morgan fingerprint density at radius 3 is 2.77 bits per heavy atom. The van der Waals surface area contributed by atoms with Gasteiger partial charge in [-0.1, -0.05) is 18.2 Å². The highest BCUT2D eigenvalue weighted by Gasteiger charge is 2.17. The second-order valence-corrected chi connectivity index (χ2v) is 8.79. The van der Waals surface area contributed by atoms with E-state index in [1.54, 1.807) is 12.1 Å². The molecule has 0 unspecified atom stereocenters. The molecule has 0 atom stereocenters. The zero-order chi connectivity index (χ0) is 18.4. The average molecular weight is 392 g/mol. The molecule has 3 nitrogen and oxygen atoms in total. The Morgan fingerprint density at radius 2 is 2.04 bits per heavy atom. The summed E-state index contributed by atoms with van der Waals surface area (Å²) in [6.45, 7) is 0. The highest BCUT2D eigenvalue weighted by Crippen LogP contribution is 2.44. The number of nitrogens with one attached hydrogen (secondary N) is 1. The predicted molar refractivity (Wildman–Crippen MR) is 109 cm³/mol. The van der Waals surface area contributed by atoms with E-state index in [1.165, 1.54) is 36.7 Å². The molecule has 3 rings (SSSR count). The van der Waals surface area contributed by atoms with Crippen molar-refractivity contribution in [3.05, 3.63) is 59.4 Å². The Balaban J connectivity index is 1.55. The number of amides is 1. The number of hydrogen-bond acceptors (Lipinski definition) is 4. The van der Waals surface area contributed by atoms with Crippen molar-refractivity contribution >= 4 is 35.1 Å². The van der Waals surface area contributed by atoms with Gasteiger partial charge in [-0.15, -0.1) is 23.5 Å². The lowest BCUT2D eigenvalue weighted by molar-refractivity contribution is -0.116. The van der Waals surface area contributed by atoms with E-state index in [1.807, 2.05) is 35.7 Å². The SMILES string of the molecule is COc1ccc(CCC(=O)Nc2cccc(C3SCCCS3)c2)cc1F. The first-order chi connectivity index (χ1) is 12.7. The van der Waals surface area contributed by atoms with Gasteiger partial charge in [-0.25, -0.2) is 4.39 Å². The number of methoxy groups -OCH3 is 1. The van der Waals surface area contributed by atoms with Crippen LogP contribution in [0.1, 0.15) is 28.6 Å². The summed E-state index contributed by atoms with van der Waals surface area (Å²) in [5.41, 5.74) is 2.84. The third-order valence-electron chi connectivity index (χ3n) is 4.13. The fourth-order valence-electron chi connectivity index (χ4n) is 2.79. The number of carbonyl (C=O) groups excluding carboxylic acids is 1. The van der Waals surface area contributed by atoms with Crippen LogP contribution in [0.5, 0.6) is 5.75 Å². The zero-order valence-electron chi connectivity index (χ0n) is 14.7. The van der Waals surface area contributed by atoms with Gasteiger partial charge in [-0.3, -0.25) is 4.79 Å². The lowest BCUT2D eigenvalue weighted by Gasteiger charge is -2.21. The smallest absolute Gasteiger partial charge is 0.224 e. The van der Waals surface area contributed by atoms with E-state index in [9.17, 15) is 9.18 Å². The van der Waals surface area contributed by atoms with Crippen molar-refractivity contribution in [1.29, 1.82) is 0 Å². The molecule has 138 valence electrons. The van der Waals surface area contributed by atoms with Crippen molar-refractivity contribution in [2.75, 3.05) is 23.9 Å². The van der Waals surface area contributed by atoms with Crippen LogP contribution >= 0.6 is 23.5 Å². The first kappa shape index (κ1) is 19.1. The van der Waals surface area contributed by atoms with Gasteiger partial charge >= 0.3 is 0 Å². The fraction of sp³-hybridized carbons (Fsp3) is 0.350. The predicted octanol–water partition coefficient (Wildman–Crippen LogP) is 5.27. The number of aryl methyl sites for hydroxylation is 1. The van der Waals surface area contributed by atoms with E-state index in [2.05, 4.69) is 17.4 Å². The Morgan fingerprint density at radius 1 is 1.23 bits per heavy atom. The molecule has 1 fully saturated rings. The second-order valence-electron chi connectivity index (χ2n) is 6.07. The van der Waals surface area contributed by atoms with E-state index in [0.29, 0.717) is 17.4 Å². The van der Waals surface area contributed by atoms with Crippen LogP contribution in [0.3, 0.4) is 0 Å². The maximum Gasteiger partial charge on any atom is 0.224 e. The van der Waals surface area contributed by atoms with Gasteiger partial charge in [0.1, 0.15) is 0 Å². The summed E-state index contributed by atoms with van der Waals surface area (Å²) in [4.78, 5) is 12.2. The van der Waals surface area contributed by atoms with Gasteiger partial charge in [0.05, 0.1) is 11.7 Å². The number of thioether (sulfide) groups is 2. The molecular formula is C20H22FNO2S2. The van der Waals surface area contributed by atoms with Gasteiger partial charge in [0.25, 0.3) is 0 Å². The summed E-state index contributed by atoms with van der Waals surface area (Å²) in [6.07, 6.45) is 2.05. The largest absolute Gasteiger partial charge is 0.494 e. The number of carbonyl (C=O) groups is 1. The van der Waals surface area contributed by atoms with Crippen LogP contribution in [0.25, 0.3) is 0 Å². The fourth-order valence-corrected chi connectivity index (χ4v) is 5.66. The van der Waals surface area contributed by atoms with Gasteiger partial charge < -0.3 is 10.1 Å². The topological polar surface area (TPSA) is 38.3 Å².